The second kappa shape index (κ2) is 8.65. The number of esters is 1. The first-order valence-corrected chi connectivity index (χ1v) is 6.35. The Morgan fingerprint density at radius 2 is 2.20 bits per heavy atom. The van der Waals surface area contributed by atoms with Gasteiger partial charge in [0.2, 0.25) is 5.76 Å². The molecule has 0 fully saturated rings. The number of nitrogens with one attached hydrogen (secondary N) is 1. The standard InChI is InChI=1S/C13H19F2NO4/c1-3-16-9(6-7-19-8-12(14)15)10-4-5-11(20-10)13(17)18-2/h4-5,9,12,16H,3,6-8H2,1-2H3. The van der Waals surface area contributed by atoms with Crippen LogP contribution in [0.3, 0.4) is 0 Å². The second-order valence-electron chi connectivity index (χ2n) is 4.06. The van der Waals surface area contributed by atoms with Crippen molar-refractivity contribution < 1.29 is 27.5 Å². The summed E-state index contributed by atoms with van der Waals surface area (Å²) in [5, 5.41) is 3.14. The van der Waals surface area contributed by atoms with Gasteiger partial charge in [0.25, 0.3) is 6.43 Å². The molecule has 0 aromatic carbocycles. The van der Waals surface area contributed by atoms with Crippen LogP contribution >= 0.6 is 0 Å². The predicted octanol–water partition coefficient (Wildman–Crippen LogP) is 2.39. The Bertz CT molecular complexity index is 409. The quantitative estimate of drug-likeness (QED) is 0.559. The molecule has 0 saturated heterocycles. The summed E-state index contributed by atoms with van der Waals surface area (Å²) in [5.74, 6) is 0.104. The molecule has 0 saturated carbocycles. The lowest BCUT2D eigenvalue weighted by Gasteiger charge is -2.15. The summed E-state index contributed by atoms with van der Waals surface area (Å²) in [4.78, 5) is 11.3. The Morgan fingerprint density at radius 3 is 2.80 bits per heavy atom. The lowest BCUT2D eigenvalue weighted by atomic mass is 10.1. The maximum absolute atomic E-state index is 12.0. The van der Waals surface area contributed by atoms with E-state index in [0.29, 0.717) is 18.7 Å². The topological polar surface area (TPSA) is 60.7 Å². The molecule has 0 aliphatic heterocycles. The normalized spacial score (nSPS) is 12.7. The van der Waals surface area contributed by atoms with Gasteiger partial charge < -0.3 is 19.2 Å². The number of alkyl halides is 2. The van der Waals surface area contributed by atoms with Crippen molar-refractivity contribution in [2.45, 2.75) is 25.8 Å². The molecule has 0 aliphatic rings. The number of methoxy groups -OCH3 is 1. The molecule has 7 heteroatoms. The van der Waals surface area contributed by atoms with Crippen molar-refractivity contribution in [3.63, 3.8) is 0 Å². The van der Waals surface area contributed by atoms with Crippen molar-refractivity contribution in [3.05, 3.63) is 23.7 Å². The summed E-state index contributed by atoms with van der Waals surface area (Å²) in [5.41, 5.74) is 0. The summed E-state index contributed by atoms with van der Waals surface area (Å²) < 4.78 is 38.7. The SMILES string of the molecule is CCNC(CCOCC(F)F)c1ccc(C(=O)OC)o1. The number of carbonyl (C=O) groups is 1. The molecule has 1 aromatic heterocycles. The number of hydrogen-bond acceptors (Lipinski definition) is 5. The van der Waals surface area contributed by atoms with Crippen LogP contribution in [0.2, 0.25) is 0 Å². The highest BCUT2D eigenvalue weighted by Gasteiger charge is 2.18. The molecule has 0 bridgehead atoms. The minimum absolute atomic E-state index is 0.110. The Morgan fingerprint density at radius 1 is 1.45 bits per heavy atom. The Hall–Kier alpha value is -1.47. The molecule has 0 aliphatic carbocycles. The minimum atomic E-state index is -2.47. The fourth-order valence-corrected chi connectivity index (χ4v) is 1.72. The Balaban J connectivity index is 2.56. The first kappa shape index (κ1) is 16.6. The molecule has 114 valence electrons. The van der Waals surface area contributed by atoms with Crippen molar-refractivity contribution in [1.82, 2.24) is 5.32 Å². The third-order valence-corrected chi connectivity index (χ3v) is 2.60. The van der Waals surface area contributed by atoms with Crippen LogP contribution < -0.4 is 5.32 Å². The first-order chi connectivity index (χ1) is 9.58. The molecule has 0 radical (unpaired) electrons. The molecular weight excluding hydrogens is 272 g/mol. The van der Waals surface area contributed by atoms with Gasteiger partial charge in [0.15, 0.2) is 0 Å². The van der Waals surface area contributed by atoms with Crippen molar-refractivity contribution in [1.29, 1.82) is 0 Å². The first-order valence-electron chi connectivity index (χ1n) is 6.35. The Labute approximate surface area is 116 Å². The zero-order valence-corrected chi connectivity index (χ0v) is 11.5. The second-order valence-corrected chi connectivity index (χ2v) is 4.06. The average molecular weight is 291 g/mol. The molecule has 1 aromatic rings. The van der Waals surface area contributed by atoms with Crippen LogP contribution in [-0.2, 0) is 9.47 Å². The van der Waals surface area contributed by atoms with E-state index in [1.165, 1.54) is 13.2 Å². The van der Waals surface area contributed by atoms with Crippen LogP contribution in [0.4, 0.5) is 8.78 Å². The highest BCUT2D eigenvalue weighted by Crippen LogP contribution is 2.20. The number of ether oxygens (including phenoxy) is 2. The van der Waals surface area contributed by atoms with E-state index >= 15 is 0 Å². The van der Waals surface area contributed by atoms with Crippen molar-refractivity contribution in [2.24, 2.45) is 0 Å². The molecule has 0 amide bonds. The largest absolute Gasteiger partial charge is 0.463 e. The van der Waals surface area contributed by atoms with Crippen molar-refractivity contribution >= 4 is 5.97 Å². The van der Waals surface area contributed by atoms with E-state index in [-0.39, 0.29) is 18.4 Å². The number of carbonyl (C=O) groups excluding carboxylic acids is 1. The zero-order valence-electron chi connectivity index (χ0n) is 11.5. The third-order valence-electron chi connectivity index (χ3n) is 2.60. The molecule has 1 N–H and O–H groups in total. The van der Waals surface area contributed by atoms with Crippen LogP contribution in [0.5, 0.6) is 0 Å². The van der Waals surface area contributed by atoms with Gasteiger partial charge >= 0.3 is 5.97 Å². The van der Waals surface area contributed by atoms with Crippen LogP contribution in [0.25, 0.3) is 0 Å². The van der Waals surface area contributed by atoms with E-state index in [1.54, 1.807) is 6.07 Å². The van der Waals surface area contributed by atoms with Gasteiger partial charge in [-0.2, -0.15) is 0 Å². The van der Waals surface area contributed by atoms with E-state index < -0.39 is 19.0 Å². The number of furan rings is 1. The lowest BCUT2D eigenvalue weighted by molar-refractivity contribution is 0.0138. The minimum Gasteiger partial charge on any atom is -0.463 e. The molecule has 1 atom stereocenters. The summed E-state index contributed by atoms with van der Waals surface area (Å²) in [6.07, 6.45) is -2.00. The fraction of sp³-hybridized carbons (Fsp3) is 0.615. The van der Waals surface area contributed by atoms with Crippen LogP contribution in [0.15, 0.2) is 16.5 Å². The van der Waals surface area contributed by atoms with E-state index in [2.05, 4.69) is 10.1 Å². The zero-order chi connectivity index (χ0) is 15.0. The molecular formula is C13H19F2NO4. The molecule has 1 unspecified atom stereocenters. The smallest absolute Gasteiger partial charge is 0.373 e. The van der Waals surface area contributed by atoms with Gasteiger partial charge in [0.1, 0.15) is 12.4 Å². The third kappa shape index (κ3) is 5.26. The van der Waals surface area contributed by atoms with Gasteiger partial charge in [-0.15, -0.1) is 0 Å². The van der Waals surface area contributed by atoms with E-state index in [0.717, 1.165) is 0 Å². The van der Waals surface area contributed by atoms with Crippen LogP contribution in [-0.4, -0.2) is 39.3 Å². The van der Waals surface area contributed by atoms with Gasteiger partial charge in [-0.25, -0.2) is 13.6 Å². The summed E-state index contributed by atoms with van der Waals surface area (Å²) >= 11 is 0. The number of rotatable bonds is 9. The van der Waals surface area contributed by atoms with E-state index in [9.17, 15) is 13.6 Å². The Kier molecular flexibility index (Phi) is 7.17. The van der Waals surface area contributed by atoms with Crippen LogP contribution in [0, 0.1) is 0 Å². The maximum atomic E-state index is 12.0. The van der Waals surface area contributed by atoms with Crippen molar-refractivity contribution in [3.8, 4) is 0 Å². The lowest BCUT2D eigenvalue weighted by Crippen LogP contribution is -2.22. The van der Waals surface area contributed by atoms with Gasteiger partial charge in [-0.05, 0) is 25.1 Å². The molecule has 1 rings (SSSR count). The average Bonchev–Trinajstić information content (AvgIpc) is 2.90. The van der Waals surface area contributed by atoms with Crippen LogP contribution in [0.1, 0.15) is 35.7 Å². The maximum Gasteiger partial charge on any atom is 0.373 e. The molecule has 20 heavy (non-hydrogen) atoms. The number of hydrogen-bond donors (Lipinski definition) is 1. The fourth-order valence-electron chi connectivity index (χ4n) is 1.72. The van der Waals surface area contributed by atoms with E-state index in [4.69, 9.17) is 9.15 Å². The van der Waals surface area contributed by atoms with Gasteiger partial charge in [0.05, 0.1) is 13.2 Å². The summed E-state index contributed by atoms with van der Waals surface area (Å²) in [6, 6.07) is 2.98. The van der Waals surface area contributed by atoms with E-state index in [1.807, 2.05) is 6.92 Å². The molecule has 5 nitrogen and oxygen atoms in total. The monoisotopic (exact) mass is 291 g/mol. The summed E-state index contributed by atoms with van der Waals surface area (Å²) in [6.45, 7) is 2.19. The molecule has 0 spiro atoms. The summed E-state index contributed by atoms with van der Waals surface area (Å²) in [7, 11) is 1.27. The number of halogens is 2. The van der Waals surface area contributed by atoms with Crippen molar-refractivity contribution in [2.75, 3.05) is 26.9 Å². The van der Waals surface area contributed by atoms with Gasteiger partial charge in [0, 0.05) is 6.61 Å². The van der Waals surface area contributed by atoms with Gasteiger partial charge in [-0.3, -0.25) is 0 Å². The van der Waals surface area contributed by atoms with Gasteiger partial charge in [-0.1, -0.05) is 6.92 Å². The predicted molar refractivity (Wildman–Crippen MR) is 67.9 cm³/mol. The molecule has 1 heterocycles. The highest BCUT2D eigenvalue weighted by atomic mass is 19.3. The highest BCUT2D eigenvalue weighted by molar-refractivity contribution is 5.86.